The SMILES string of the molecule is CCCCCC(O)CCC(O)N(CC(=O)O)C(=O)C(CS)NC(=O)CCC(N)C(=O)O. The molecule has 0 fully saturated rings. The summed E-state index contributed by atoms with van der Waals surface area (Å²) in [6.07, 6.45) is 0.922. The molecular weight excluding hydrogens is 430 g/mol. The number of hydrogen-bond acceptors (Lipinski definition) is 8. The molecule has 7 N–H and O–H groups in total. The van der Waals surface area contributed by atoms with E-state index in [4.69, 9.17) is 15.9 Å². The minimum atomic E-state index is -1.47. The number of nitrogens with one attached hydrogen (secondary N) is 1. The van der Waals surface area contributed by atoms with Gasteiger partial charge in [-0.3, -0.25) is 19.2 Å². The van der Waals surface area contributed by atoms with Gasteiger partial charge in [0.15, 0.2) is 0 Å². The van der Waals surface area contributed by atoms with E-state index in [1.807, 2.05) is 6.92 Å². The molecule has 180 valence electrons. The zero-order valence-electron chi connectivity index (χ0n) is 17.8. The molecule has 12 heteroatoms. The average Bonchev–Trinajstić information content (AvgIpc) is 2.71. The van der Waals surface area contributed by atoms with E-state index in [0.717, 1.165) is 19.3 Å². The maximum absolute atomic E-state index is 12.7. The smallest absolute Gasteiger partial charge is 0.323 e. The van der Waals surface area contributed by atoms with E-state index in [0.29, 0.717) is 11.3 Å². The third-order valence-corrected chi connectivity index (χ3v) is 5.03. The molecule has 0 bridgehead atoms. The summed E-state index contributed by atoms with van der Waals surface area (Å²) in [6, 6.07) is -2.45. The molecule has 0 aromatic carbocycles. The maximum Gasteiger partial charge on any atom is 0.323 e. The molecule has 0 aliphatic carbocycles. The van der Waals surface area contributed by atoms with E-state index in [2.05, 4.69) is 17.9 Å². The quantitative estimate of drug-likeness (QED) is 0.0846. The molecule has 0 aliphatic heterocycles. The number of carbonyl (C=O) groups excluding carboxylic acids is 2. The molecule has 11 nitrogen and oxygen atoms in total. The van der Waals surface area contributed by atoms with Gasteiger partial charge in [0.25, 0.3) is 0 Å². The fourth-order valence-electron chi connectivity index (χ4n) is 2.81. The number of hydrogen-bond donors (Lipinski definition) is 7. The van der Waals surface area contributed by atoms with Crippen molar-refractivity contribution in [1.82, 2.24) is 10.2 Å². The number of carboxylic acids is 2. The van der Waals surface area contributed by atoms with Crippen LogP contribution in [0.15, 0.2) is 0 Å². The highest BCUT2D eigenvalue weighted by atomic mass is 32.1. The third kappa shape index (κ3) is 12.5. The van der Waals surface area contributed by atoms with E-state index in [1.54, 1.807) is 0 Å². The first-order valence-corrected chi connectivity index (χ1v) is 10.9. The van der Waals surface area contributed by atoms with Gasteiger partial charge in [0.1, 0.15) is 24.9 Å². The van der Waals surface area contributed by atoms with Crippen molar-refractivity contribution in [3.05, 3.63) is 0 Å². The zero-order chi connectivity index (χ0) is 24.0. The highest BCUT2D eigenvalue weighted by molar-refractivity contribution is 7.80. The van der Waals surface area contributed by atoms with Gasteiger partial charge in [0.2, 0.25) is 11.8 Å². The Morgan fingerprint density at radius 2 is 1.68 bits per heavy atom. The number of nitrogens with two attached hydrogens (primary N) is 1. The van der Waals surface area contributed by atoms with Gasteiger partial charge in [0, 0.05) is 12.2 Å². The van der Waals surface area contributed by atoms with Crippen LogP contribution in [0.5, 0.6) is 0 Å². The van der Waals surface area contributed by atoms with Gasteiger partial charge in [-0.15, -0.1) is 0 Å². The Balaban J connectivity index is 4.95. The Kier molecular flexibility index (Phi) is 14.9. The lowest BCUT2D eigenvalue weighted by atomic mass is 10.1. The fourth-order valence-corrected chi connectivity index (χ4v) is 3.06. The summed E-state index contributed by atoms with van der Waals surface area (Å²) < 4.78 is 0. The lowest BCUT2D eigenvalue weighted by Gasteiger charge is -2.30. The highest BCUT2D eigenvalue weighted by Crippen LogP contribution is 2.13. The topological polar surface area (TPSA) is 190 Å². The minimum Gasteiger partial charge on any atom is -0.480 e. The van der Waals surface area contributed by atoms with E-state index in [9.17, 15) is 29.4 Å². The summed E-state index contributed by atoms with van der Waals surface area (Å²) in [5, 5.41) is 40.6. The van der Waals surface area contributed by atoms with Crippen LogP contribution in [0.3, 0.4) is 0 Å². The Labute approximate surface area is 187 Å². The molecule has 4 atom stereocenters. The number of carbonyl (C=O) groups is 4. The minimum absolute atomic E-state index is 0.0347. The van der Waals surface area contributed by atoms with Crippen molar-refractivity contribution >= 4 is 36.4 Å². The number of nitrogens with zero attached hydrogens (tertiary/aromatic N) is 1. The molecule has 0 aromatic heterocycles. The van der Waals surface area contributed by atoms with Gasteiger partial charge in [-0.2, -0.15) is 12.6 Å². The molecule has 2 amide bonds. The average molecular weight is 466 g/mol. The Bertz CT molecular complexity index is 593. The van der Waals surface area contributed by atoms with Crippen LogP contribution in [0.1, 0.15) is 58.3 Å². The van der Waals surface area contributed by atoms with Gasteiger partial charge in [-0.05, 0) is 25.7 Å². The molecule has 0 heterocycles. The number of unbranched alkanes of at least 4 members (excludes halogenated alkanes) is 2. The molecule has 0 aliphatic rings. The summed E-state index contributed by atoms with van der Waals surface area (Å²) in [5.74, 6) is -4.28. The fraction of sp³-hybridized carbons (Fsp3) is 0.789. The summed E-state index contributed by atoms with van der Waals surface area (Å²) in [4.78, 5) is 47.4. The molecular formula is C19H35N3O8S. The van der Waals surface area contributed by atoms with Gasteiger partial charge < -0.3 is 36.4 Å². The second-order valence-corrected chi connectivity index (χ2v) is 7.72. The predicted octanol–water partition coefficient (Wildman–Crippen LogP) is -0.454. The van der Waals surface area contributed by atoms with Crippen molar-refractivity contribution in [2.45, 2.75) is 82.7 Å². The van der Waals surface area contributed by atoms with E-state index >= 15 is 0 Å². The normalized spacial score (nSPS) is 14.9. The summed E-state index contributed by atoms with van der Waals surface area (Å²) >= 11 is 4.01. The van der Waals surface area contributed by atoms with Crippen LogP contribution >= 0.6 is 12.6 Å². The lowest BCUT2D eigenvalue weighted by Crippen LogP contribution is -2.54. The van der Waals surface area contributed by atoms with Crippen molar-refractivity contribution in [3.63, 3.8) is 0 Å². The van der Waals surface area contributed by atoms with Crippen molar-refractivity contribution in [3.8, 4) is 0 Å². The molecule has 4 unspecified atom stereocenters. The van der Waals surface area contributed by atoms with Crippen molar-refractivity contribution in [2.24, 2.45) is 5.73 Å². The molecule has 0 rings (SSSR count). The van der Waals surface area contributed by atoms with Crippen LogP contribution in [0.4, 0.5) is 0 Å². The van der Waals surface area contributed by atoms with Crippen molar-refractivity contribution in [2.75, 3.05) is 12.3 Å². The van der Waals surface area contributed by atoms with Gasteiger partial charge in [-0.25, -0.2) is 0 Å². The van der Waals surface area contributed by atoms with Gasteiger partial charge in [0.05, 0.1) is 6.10 Å². The molecule has 31 heavy (non-hydrogen) atoms. The van der Waals surface area contributed by atoms with Crippen LogP contribution in [-0.4, -0.2) is 85.8 Å². The predicted molar refractivity (Wildman–Crippen MR) is 115 cm³/mol. The first-order chi connectivity index (χ1) is 14.5. The standard InChI is InChI=1S/C19H35N3O8S/c1-2-3-4-5-12(23)6-9-16(25)22(10-17(26)27)18(28)14(11-31)21-15(24)8-7-13(20)19(29)30/h12-14,16,23,25,31H,2-11,20H2,1H3,(H,21,24)(H,26,27)(H,29,30). The second kappa shape index (κ2) is 15.8. The number of carboxylic acid groups (broad SMARTS) is 2. The Morgan fingerprint density at radius 1 is 1.03 bits per heavy atom. The van der Waals surface area contributed by atoms with Crippen molar-refractivity contribution < 1.29 is 39.6 Å². The highest BCUT2D eigenvalue weighted by Gasteiger charge is 2.31. The summed E-state index contributed by atoms with van der Waals surface area (Å²) in [5.41, 5.74) is 5.34. The van der Waals surface area contributed by atoms with Crippen LogP contribution < -0.4 is 11.1 Å². The zero-order valence-corrected chi connectivity index (χ0v) is 18.7. The largest absolute Gasteiger partial charge is 0.480 e. The third-order valence-electron chi connectivity index (χ3n) is 4.66. The number of aliphatic hydroxyl groups excluding tert-OH is 2. The first kappa shape index (κ1) is 29.1. The van der Waals surface area contributed by atoms with Crippen LogP contribution in [0.2, 0.25) is 0 Å². The van der Waals surface area contributed by atoms with E-state index in [-0.39, 0.29) is 31.4 Å². The molecule has 0 saturated heterocycles. The lowest BCUT2D eigenvalue weighted by molar-refractivity contribution is -0.154. The summed E-state index contributed by atoms with van der Waals surface area (Å²) in [7, 11) is 0. The number of amides is 2. The Morgan fingerprint density at radius 3 is 2.19 bits per heavy atom. The monoisotopic (exact) mass is 465 g/mol. The molecule has 0 aromatic rings. The van der Waals surface area contributed by atoms with Crippen LogP contribution in [0, 0.1) is 0 Å². The molecule has 0 saturated carbocycles. The summed E-state index contributed by atoms with van der Waals surface area (Å²) in [6.45, 7) is 1.23. The second-order valence-electron chi connectivity index (χ2n) is 7.35. The van der Waals surface area contributed by atoms with Gasteiger partial charge >= 0.3 is 11.9 Å². The molecule has 0 radical (unpaired) electrons. The van der Waals surface area contributed by atoms with E-state index in [1.165, 1.54) is 0 Å². The number of aliphatic hydroxyl groups is 2. The van der Waals surface area contributed by atoms with Crippen LogP contribution in [-0.2, 0) is 19.2 Å². The van der Waals surface area contributed by atoms with Crippen LogP contribution in [0.25, 0.3) is 0 Å². The number of thiol groups is 1. The van der Waals surface area contributed by atoms with E-state index < -0.39 is 54.7 Å². The van der Waals surface area contributed by atoms with Gasteiger partial charge in [-0.1, -0.05) is 26.2 Å². The van der Waals surface area contributed by atoms with Crippen molar-refractivity contribution in [1.29, 1.82) is 0 Å². The molecule has 0 spiro atoms. The number of rotatable bonds is 17. The maximum atomic E-state index is 12.7. The Hall–Kier alpha value is -1.89. The number of aliphatic carboxylic acids is 2. The first-order valence-electron chi connectivity index (χ1n) is 10.3.